The molecule has 0 radical (unpaired) electrons. The van der Waals surface area contributed by atoms with Gasteiger partial charge in [0.2, 0.25) is 0 Å². The van der Waals surface area contributed by atoms with Gasteiger partial charge < -0.3 is 5.73 Å². The minimum Gasteiger partial charge on any atom is -0.324 e. The minimum absolute atomic E-state index is 0.423. The highest BCUT2D eigenvalue weighted by atomic mass is 15.3. The van der Waals surface area contributed by atoms with E-state index in [9.17, 15) is 0 Å². The second kappa shape index (κ2) is 4.23. The molecule has 0 spiro atoms. The van der Waals surface area contributed by atoms with E-state index in [1.807, 2.05) is 16.8 Å². The van der Waals surface area contributed by atoms with Gasteiger partial charge in [-0.05, 0) is 18.1 Å². The van der Waals surface area contributed by atoms with Gasteiger partial charge in [0.1, 0.15) is 12.2 Å². The predicted molar refractivity (Wildman–Crippen MR) is 58.2 cm³/mol. The smallest absolute Gasteiger partial charge is 0.140 e. The number of nitrogens with zero attached hydrogens (tertiary/aromatic N) is 3. The van der Waals surface area contributed by atoms with Crippen LogP contribution in [0, 0.1) is 6.92 Å². The molecule has 0 aliphatic heterocycles. The molecule has 78 valence electrons. The highest BCUT2D eigenvalue weighted by Crippen LogP contribution is 2.09. The van der Waals surface area contributed by atoms with Gasteiger partial charge in [0.15, 0.2) is 0 Å². The van der Waals surface area contributed by atoms with E-state index >= 15 is 0 Å². The summed E-state index contributed by atoms with van der Waals surface area (Å²) in [5, 5.41) is 4.15. The Kier molecular flexibility index (Phi) is 2.78. The molecule has 2 rings (SSSR count). The van der Waals surface area contributed by atoms with E-state index in [1.165, 1.54) is 11.1 Å². The van der Waals surface area contributed by atoms with E-state index in [2.05, 4.69) is 29.1 Å². The molecule has 0 aliphatic carbocycles. The monoisotopic (exact) mass is 202 g/mol. The topological polar surface area (TPSA) is 56.7 Å². The molecule has 1 aromatic carbocycles. The number of hydrogen-bond acceptors (Lipinski definition) is 3. The lowest BCUT2D eigenvalue weighted by molar-refractivity contribution is 0.637. The molecule has 2 aromatic rings. The normalized spacial score (nSPS) is 10.5. The first-order valence-corrected chi connectivity index (χ1v) is 4.92. The Balaban J connectivity index is 2.26. The molecular weight excluding hydrogens is 188 g/mol. The van der Waals surface area contributed by atoms with E-state index in [1.54, 1.807) is 6.33 Å². The van der Waals surface area contributed by atoms with Crippen molar-refractivity contribution in [1.82, 2.24) is 14.8 Å². The zero-order valence-electron chi connectivity index (χ0n) is 8.72. The van der Waals surface area contributed by atoms with Crippen LogP contribution in [0.2, 0.25) is 0 Å². The number of rotatable bonds is 3. The van der Waals surface area contributed by atoms with Gasteiger partial charge in [0.25, 0.3) is 0 Å². The quantitative estimate of drug-likeness (QED) is 0.810. The number of aromatic nitrogens is 3. The van der Waals surface area contributed by atoms with Crippen LogP contribution in [0.5, 0.6) is 0 Å². The standard InChI is InChI=1S/C11H14N4/c1-9-4-2-3-5-10(9)7-15-11(6-12)13-8-14-15/h2-5,8H,6-7,12H2,1H3. The van der Waals surface area contributed by atoms with Gasteiger partial charge in [0.05, 0.1) is 13.1 Å². The van der Waals surface area contributed by atoms with Crippen molar-refractivity contribution in [2.75, 3.05) is 0 Å². The predicted octanol–water partition coefficient (Wildman–Crippen LogP) is 1.09. The summed E-state index contributed by atoms with van der Waals surface area (Å²) in [6.07, 6.45) is 1.54. The van der Waals surface area contributed by atoms with Crippen LogP contribution in [-0.2, 0) is 13.1 Å². The van der Waals surface area contributed by atoms with Crippen LogP contribution in [0.1, 0.15) is 17.0 Å². The van der Waals surface area contributed by atoms with Crippen molar-refractivity contribution in [3.05, 3.63) is 47.5 Å². The van der Waals surface area contributed by atoms with Crippen molar-refractivity contribution >= 4 is 0 Å². The third kappa shape index (κ3) is 2.05. The largest absolute Gasteiger partial charge is 0.324 e. The van der Waals surface area contributed by atoms with Gasteiger partial charge in [-0.25, -0.2) is 9.67 Å². The molecule has 4 nitrogen and oxygen atoms in total. The van der Waals surface area contributed by atoms with Crippen LogP contribution in [-0.4, -0.2) is 14.8 Å². The number of benzene rings is 1. The Morgan fingerprint density at radius 2 is 2.13 bits per heavy atom. The molecular formula is C11H14N4. The summed E-state index contributed by atoms with van der Waals surface area (Å²) in [6.45, 7) is 3.25. The maximum absolute atomic E-state index is 5.56. The summed E-state index contributed by atoms with van der Waals surface area (Å²) < 4.78 is 1.84. The van der Waals surface area contributed by atoms with Gasteiger partial charge in [-0.15, -0.1) is 0 Å². The van der Waals surface area contributed by atoms with Crippen LogP contribution < -0.4 is 5.73 Å². The third-order valence-electron chi connectivity index (χ3n) is 2.46. The summed E-state index contributed by atoms with van der Waals surface area (Å²) in [5.41, 5.74) is 8.07. The first-order chi connectivity index (χ1) is 7.31. The Morgan fingerprint density at radius 1 is 1.33 bits per heavy atom. The molecule has 4 heteroatoms. The van der Waals surface area contributed by atoms with Gasteiger partial charge >= 0.3 is 0 Å². The summed E-state index contributed by atoms with van der Waals surface area (Å²) in [4.78, 5) is 4.09. The van der Waals surface area contributed by atoms with Gasteiger partial charge in [-0.1, -0.05) is 24.3 Å². The fourth-order valence-electron chi connectivity index (χ4n) is 1.53. The fourth-order valence-corrected chi connectivity index (χ4v) is 1.53. The van der Waals surface area contributed by atoms with Gasteiger partial charge in [-0.3, -0.25) is 0 Å². The molecule has 0 saturated carbocycles. The Morgan fingerprint density at radius 3 is 2.87 bits per heavy atom. The van der Waals surface area contributed by atoms with E-state index < -0.39 is 0 Å². The molecule has 0 saturated heterocycles. The lowest BCUT2D eigenvalue weighted by Crippen LogP contribution is -2.11. The van der Waals surface area contributed by atoms with Crippen LogP contribution >= 0.6 is 0 Å². The first-order valence-electron chi connectivity index (χ1n) is 4.92. The minimum atomic E-state index is 0.423. The van der Waals surface area contributed by atoms with Crippen molar-refractivity contribution < 1.29 is 0 Å². The number of hydrogen-bond donors (Lipinski definition) is 1. The average Bonchev–Trinajstić information content (AvgIpc) is 2.69. The zero-order chi connectivity index (χ0) is 10.7. The Hall–Kier alpha value is -1.68. The van der Waals surface area contributed by atoms with Crippen LogP contribution in [0.25, 0.3) is 0 Å². The summed E-state index contributed by atoms with van der Waals surface area (Å²) >= 11 is 0. The van der Waals surface area contributed by atoms with Gasteiger partial charge in [-0.2, -0.15) is 5.10 Å². The molecule has 1 aromatic heterocycles. The SMILES string of the molecule is Cc1ccccc1Cn1ncnc1CN. The molecule has 0 unspecified atom stereocenters. The van der Waals surface area contributed by atoms with E-state index in [0.29, 0.717) is 6.54 Å². The van der Waals surface area contributed by atoms with E-state index in [-0.39, 0.29) is 0 Å². The van der Waals surface area contributed by atoms with Gasteiger partial charge in [0, 0.05) is 0 Å². The lowest BCUT2D eigenvalue weighted by atomic mass is 10.1. The maximum Gasteiger partial charge on any atom is 0.140 e. The highest BCUT2D eigenvalue weighted by molar-refractivity contribution is 5.25. The molecule has 15 heavy (non-hydrogen) atoms. The van der Waals surface area contributed by atoms with Crippen molar-refractivity contribution in [2.45, 2.75) is 20.0 Å². The molecule has 0 aliphatic rings. The van der Waals surface area contributed by atoms with Crippen LogP contribution in [0.4, 0.5) is 0 Å². The van der Waals surface area contributed by atoms with E-state index in [0.717, 1.165) is 12.4 Å². The zero-order valence-corrected chi connectivity index (χ0v) is 8.72. The molecule has 0 amide bonds. The molecule has 0 atom stereocenters. The number of aryl methyl sites for hydroxylation is 1. The Labute approximate surface area is 88.8 Å². The molecule has 1 heterocycles. The Bertz CT molecular complexity index is 447. The summed E-state index contributed by atoms with van der Waals surface area (Å²) in [7, 11) is 0. The molecule has 2 N–H and O–H groups in total. The highest BCUT2D eigenvalue weighted by Gasteiger charge is 2.04. The average molecular weight is 202 g/mol. The summed E-state index contributed by atoms with van der Waals surface area (Å²) in [5.74, 6) is 0.818. The second-order valence-corrected chi connectivity index (χ2v) is 3.46. The van der Waals surface area contributed by atoms with Crippen LogP contribution in [0.15, 0.2) is 30.6 Å². The van der Waals surface area contributed by atoms with Crippen molar-refractivity contribution in [1.29, 1.82) is 0 Å². The van der Waals surface area contributed by atoms with Crippen LogP contribution in [0.3, 0.4) is 0 Å². The van der Waals surface area contributed by atoms with Crippen molar-refractivity contribution in [3.63, 3.8) is 0 Å². The number of nitrogens with two attached hydrogens (primary N) is 1. The maximum atomic E-state index is 5.56. The molecule has 0 bridgehead atoms. The van der Waals surface area contributed by atoms with Crippen molar-refractivity contribution in [2.24, 2.45) is 5.73 Å². The lowest BCUT2D eigenvalue weighted by Gasteiger charge is -2.07. The first kappa shape index (κ1) is 9.86. The van der Waals surface area contributed by atoms with E-state index in [4.69, 9.17) is 5.73 Å². The second-order valence-electron chi connectivity index (χ2n) is 3.46. The molecule has 0 fully saturated rings. The third-order valence-corrected chi connectivity index (χ3v) is 2.46. The van der Waals surface area contributed by atoms with Crippen molar-refractivity contribution in [3.8, 4) is 0 Å². The summed E-state index contributed by atoms with van der Waals surface area (Å²) in [6, 6.07) is 8.25. The fraction of sp³-hybridized carbons (Fsp3) is 0.273.